The quantitative estimate of drug-likeness (QED) is 0.761. The summed E-state index contributed by atoms with van der Waals surface area (Å²) in [6, 6.07) is -0.912. The van der Waals surface area contributed by atoms with E-state index in [0.29, 0.717) is 0 Å². The molecule has 0 aliphatic heterocycles. The van der Waals surface area contributed by atoms with Crippen LogP contribution in [-0.2, 0) is 4.79 Å². The molecule has 0 aliphatic carbocycles. The zero-order valence-corrected chi connectivity index (χ0v) is 9.33. The summed E-state index contributed by atoms with van der Waals surface area (Å²) in [6.45, 7) is 4.53. The summed E-state index contributed by atoms with van der Waals surface area (Å²) in [5, 5.41) is 5.02. The molecule has 1 amide bonds. The maximum absolute atomic E-state index is 12.0. The van der Waals surface area contributed by atoms with Gasteiger partial charge in [0.05, 0.1) is 12.0 Å². The van der Waals surface area contributed by atoms with Crippen LogP contribution in [0.1, 0.15) is 27.2 Å². The lowest BCUT2D eigenvalue weighted by atomic mass is 10.0. The van der Waals surface area contributed by atoms with Gasteiger partial charge in [0.2, 0.25) is 5.91 Å². The van der Waals surface area contributed by atoms with Gasteiger partial charge in [-0.2, -0.15) is 13.2 Å². The molecule has 0 spiro atoms. The highest BCUT2D eigenvalue weighted by Gasteiger charge is 2.33. The second-order valence-electron chi connectivity index (χ2n) is 4.07. The standard InChI is InChI=1S/C9H17F3N2O/c1-6(5-9(10,11)12)14-7(15)8(2,3)13-4/h6,13H,5H2,1-4H3,(H,14,15). The summed E-state index contributed by atoms with van der Waals surface area (Å²) < 4.78 is 35.9. The average molecular weight is 226 g/mol. The van der Waals surface area contributed by atoms with Gasteiger partial charge in [-0.3, -0.25) is 4.79 Å². The van der Waals surface area contributed by atoms with E-state index in [1.54, 1.807) is 20.9 Å². The van der Waals surface area contributed by atoms with E-state index in [4.69, 9.17) is 0 Å². The molecule has 0 aliphatic rings. The number of nitrogens with one attached hydrogen (secondary N) is 2. The Balaban J connectivity index is 4.20. The number of carbonyl (C=O) groups excluding carboxylic acids is 1. The van der Waals surface area contributed by atoms with Crippen molar-refractivity contribution in [3.63, 3.8) is 0 Å². The van der Waals surface area contributed by atoms with Crippen molar-refractivity contribution in [1.82, 2.24) is 10.6 Å². The molecule has 0 rings (SSSR count). The molecular weight excluding hydrogens is 209 g/mol. The number of hydrogen-bond acceptors (Lipinski definition) is 2. The van der Waals surface area contributed by atoms with Gasteiger partial charge in [-0.1, -0.05) is 0 Å². The Kier molecular flexibility index (Phi) is 4.58. The summed E-state index contributed by atoms with van der Waals surface area (Å²) in [5.74, 6) is -0.443. The molecule has 2 N–H and O–H groups in total. The van der Waals surface area contributed by atoms with Crippen LogP contribution in [-0.4, -0.2) is 30.7 Å². The number of carbonyl (C=O) groups is 1. The van der Waals surface area contributed by atoms with Gasteiger partial charge in [-0.15, -0.1) is 0 Å². The molecular formula is C9H17F3N2O. The van der Waals surface area contributed by atoms with E-state index in [1.165, 1.54) is 6.92 Å². The van der Waals surface area contributed by atoms with E-state index in [0.717, 1.165) is 0 Å². The van der Waals surface area contributed by atoms with Crippen LogP contribution in [0.4, 0.5) is 13.2 Å². The van der Waals surface area contributed by atoms with Crippen LogP contribution >= 0.6 is 0 Å². The van der Waals surface area contributed by atoms with Crippen molar-refractivity contribution in [2.45, 2.75) is 44.9 Å². The highest BCUT2D eigenvalue weighted by atomic mass is 19.4. The van der Waals surface area contributed by atoms with Crippen LogP contribution in [0.3, 0.4) is 0 Å². The highest BCUT2D eigenvalue weighted by Crippen LogP contribution is 2.21. The molecule has 0 saturated heterocycles. The van der Waals surface area contributed by atoms with Crippen LogP contribution in [0, 0.1) is 0 Å². The molecule has 1 atom stereocenters. The largest absolute Gasteiger partial charge is 0.391 e. The third kappa shape index (κ3) is 5.61. The van der Waals surface area contributed by atoms with Gasteiger partial charge in [0.15, 0.2) is 0 Å². The second-order valence-corrected chi connectivity index (χ2v) is 4.07. The molecule has 15 heavy (non-hydrogen) atoms. The molecule has 0 heterocycles. The summed E-state index contributed by atoms with van der Waals surface area (Å²) >= 11 is 0. The monoisotopic (exact) mass is 226 g/mol. The highest BCUT2D eigenvalue weighted by molar-refractivity contribution is 5.85. The molecule has 0 bridgehead atoms. The van der Waals surface area contributed by atoms with Crippen molar-refractivity contribution in [3.8, 4) is 0 Å². The predicted octanol–water partition coefficient (Wildman–Crippen LogP) is 1.44. The lowest BCUT2D eigenvalue weighted by Gasteiger charge is -2.25. The van der Waals surface area contributed by atoms with E-state index < -0.39 is 30.1 Å². The van der Waals surface area contributed by atoms with Gasteiger partial charge < -0.3 is 10.6 Å². The van der Waals surface area contributed by atoms with Crippen LogP contribution in [0.2, 0.25) is 0 Å². The van der Waals surface area contributed by atoms with Gasteiger partial charge in [-0.05, 0) is 27.8 Å². The minimum absolute atomic E-state index is 0.443. The van der Waals surface area contributed by atoms with Crippen molar-refractivity contribution >= 4 is 5.91 Å². The second kappa shape index (κ2) is 4.83. The Bertz CT molecular complexity index is 226. The zero-order chi connectivity index (χ0) is 12.3. The summed E-state index contributed by atoms with van der Waals surface area (Å²) in [6.07, 6.45) is -5.27. The van der Waals surface area contributed by atoms with Crippen LogP contribution in [0.15, 0.2) is 0 Å². The van der Waals surface area contributed by atoms with Crippen molar-refractivity contribution < 1.29 is 18.0 Å². The first-order chi connectivity index (χ1) is 6.58. The number of alkyl halides is 3. The Labute approximate surface area is 87.4 Å². The van der Waals surface area contributed by atoms with Crippen LogP contribution in [0.5, 0.6) is 0 Å². The van der Waals surface area contributed by atoms with Crippen LogP contribution < -0.4 is 10.6 Å². The van der Waals surface area contributed by atoms with Crippen molar-refractivity contribution in [2.24, 2.45) is 0 Å². The molecule has 90 valence electrons. The molecule has 3 nitrogen and oxygen atoms in total. The maximum atomic E-state index is 12.0. The number of rotatable bonds is 4. The van der Waals surface area contributed by atoms with E-state index in [-0.39, 0.29) is 0 Å². The van der Waals surface area contributed by atoms with Gasteiger partial charge in [-0.25, -0.2) is 0 Å². The number of likely N-dealkylation sites (N-methyl/N-ethyl adjacent to an activating group) is 1. The zero-order valence-electron chi connectivity index (χ0n) is 9.33. The Morgan fingerprint density at radius 3 is 2.13 bits per heavy atom. The normalized spacial score (nSPS) is 14.9. The fraction of sp³-hybridized carbons (Fsp3) is 0.889. The smallest absolute Gasteiger partial charge is 0.352 e. The average Bonchev–Trinajstić information content (AvgIpc) is 2.00. The molecule has 6 heteroatoms. The molecule has 0 radical (unpaired) electrons. The predicted molar refractivity (Wildman–Crippen MR) is 51.4 cm³/mol. The Morgan fingerprint density at radius 1 is 1.33 bits per heavy atom. The lowest BCUT2D eigenvalue weighted by Crippen LogP contribution is -2.53. The third-order valence-corrected chi connectivity index (χ3v) is 2.11. The van der Waals surface area contributed by atoms with Crippen LogP contribution in [0.25, 0.3) is 0 Å². The van der Waals surface area contributed by atoms with E-state index in [2.05, 4.69) is 10.6 Å². The van der Waals surface area contributed by atoms with Gasteiger partial charge in [0, 0.05) is 6.04 Å². The van der Waals surface area contributed by atoms with Crippen molar-refractivity contribution in [3.05, 3.63) is 0 Å². The summed E-state index contributed by atoms with van der Waals surface area (Å²) in [5.41, 5.74) is -0.861. The Hall–Kier alpha value is -0.780. The van der Waals surface area contributed by atoms with Crippen molar-refractivity contribution in [1.29, 1.82) is 0 Å². The minimum atomic E-state index is -4.25. The maximum Gasteiger partial charge on any atom is 0.391 e. The number of amides is 1. The third-order valence-electron chi connectivity index (χ3n) is 2.11. The fourth-order valence-electron chi connectivity index (χ4n) is 0.916. The summed E-state index contributed by atoms with van der Waals surface area (Å²) in [4.78, 5) is 11.5. The van der Waals surface area contributed by atoms with E-state index in [9.17, 15) is 18.0 Å². The first-order valence-corrected chi connectivity index (χ1v) is 4.65. The first kappa shape index (κ1) is 14.2. The lowest BCUT2D eigenvalue weighted by molar-refractivity contribution is -0.142. The first-order valence-electron chi connectivity index (χ1n) is 4.65. The molecule has 0 aromatic rings. The molecule has 0 saturated carbocycles. The number of hydrogen-bond donors (Lipinski definition) is 2. The fourth-order valence-corrected chi connectivity index (χ4v) is 0.916. The molecule has 0 aromatic carbocycles. The van der Waals surface area contributed by atoms with E-state index >= 15 is 0 Å². The Morgan fingerprint density at radius 2 is 1.80 bits per heavy atom. The topological polar surface area (TPSA) is 41.1 Å². The van der Waals surface area contributed by atoms with Crippen molar-refractivity contribution in [2.75, 3.05) is 7.05 Å². The molecule has 1 unspecified atom stereocenters. The summed E-state index contributed by atoms with van der Waals surface area (Å²) in [7, 11) is 1.58. The molecule has 0 fully saturated rings. The molecule has 0 aromatic heterocycles. The minimum Gasteiger partial charge on any atom is -0.352 e. The van der Waals surface area contributed by atoms with E-state index in [1.807, 2.05) is 0 Å². The van der Waals surface area contributed by atoms with Gasteiger partial charge in [0.25, 0.3) is 0 Å². The SMILES string of the molecule is CNC(C)(C)C(=O)NC(C)CC(F)(F)F. The van der Waals surface area contributed by atoms with Gasteiger partial charge in [0.1, 0.15) is 0 Å². The van der Waals surface area contributed by atoms with Gasteiger partial charge >= 0.3 is 6.18 Å². The number of halogens is 3.